The fourth-order valence-corrected chi connectivity index (χ4v) is 3.39. The summed E-state index contributed by atoms with van der Waals surface area (Å²) in [6, 6.07) is 1.68. The summed E-state index contributed by atoms with van der Waals surface area (Å²) in [5, 5.41) is 4.26. The van der Waals surface area contributed by atoms with Crippen LogP contribution in [0.25, 0.3) is 5.95 Å². The van der Waals surface area contributed by atoms with Gasteiger partial charge in [-0.25, -0.2) is 23.1 Å². The van der Waals surface area contributed by atoms with Gasteiger partial charge in [-0.15, -0.1) is 0 Å². The Morgan fingerprint density at radius 2 is 1.84 bits per heavy atom. The molecular weight excluding hydrogens is 288 g/mol. The standard InChI is InChI=1S/C11H13ClN4O2S/c1-3-8-10(19(12,17)18)9(4-2)16(15-8)11-13-6-5-7-14-11/h5-7H,3-4H2,1-2H3. The van der Waals surface area contributed by atoms with E-state index in [1.165, 1.54) is 4.68 Å². The van der Waals surface area contributed by atoms with Gasteiger partial charge in [0.15, 0.2) is 0 Å². The van der Waals surface area contributed by atoms with Crippen LogP contribution in [0.1, 0.15) is 25.2 Å². The van der Waals surface area contributed by atoms with Gasteiger partial charge in [0.2, 0.25) is 0 Å². The Morgan fingerprint density at radius 3 is 2.32 bits per heavy atom. The SMILES string of the molecule is CCc1nn(-c2ncccn2)c(CC)c1S(=O)(=O)Cl. The van der Waals surface area contributed by atoms with E-state index in [1.807, 2.05) is 13.8 Å². The molecule has 0 unspecified atom stereocenters. The molecular formula is C11H13ClN4O2S. The molecule has 19 heavy (non-hydrogen) atoms. The first-order valence-electron chi connectivity index (χ1n) is 5.81. The first-order valence-corrected chi connectivity index (χ1v) is 8.12. The van der Waals surface area contributed by atoms with Crippen molar-refractivity contribution in [3.8, 4) is 5.95 Å². The van der Waals surface area contributed by atoms with Crippen molar-refractivity contribution in [3.05, 3.63) is 29.8 Å². The highest BCUT2D eigenvalue weighted by Gasteiger charge is 2.26. The van der Waals surface area contributed by atoms with Crippen LogP contribution in [0.2, 0.25) is 0 Å². The molecule has 2 aromatic rings. The second kappa shape index (κ2) is 5.26. The number of aromatic nitrogens is 4. The van der Waals surface area contributed by atoms with Crippen LogP contribution in [-0.2, 0) is 21.9 Å². The summed E-state index contributed by atoms with van der Waals surface area (Å²) in [7, 11) is 1.66. The van der Waals surface area contributed by atoms with Crippen molar-refractivity contribution in [2.45, 2.75) is 31.6 Å². The maximum atomic E-state index is 11.7. The molecule has 0 atom stereocenters. The summed E-state index contributed by atoms with van der Waals surface area (Å²) in [4.78, 5) is 8.24. The van der Waals surface area contributed by atoms with Gasteiger partial charge in [0.25, 0.3) is 15.0 Å². The zero-order valence-corrected chi connectivity index (χ0v) is 12.1. The number of hydrogen-bond donors (Lipinski definition) is 0. The molecule has 0 aliphatic carbocycles. The lowest BCUT2D eigenvalue weighted by atomic mass is 10.2. The summed E-state index contributed by atoms with van der Waals surface area (Å²) in [5.74, 6) is 0.334. The lowest BCUT2D eigenvalue weighted by Gasteiger charge is -2.03. The van der Waals surface area contributed by atoms with Crippen LogP contribution in [0, 0.1) is 0 Å². The molecule has 0 saturated heterocycles. The predicted octanol–water partition coefficient (Wildman–Crippen LogP) is 1.71. The largest absolute Gasteiger partial charge is 0.265 e. The highest BCUT2D eigenvalue weighted by molar-refractivity contribution is 8.13. The van der Waals surface area contributed by atoms with Crippen molar-refractivity contribution in [2.75, 3.05) is 0 Å². The Balaban J connectivity index is 2.75. The molecule has 0 saturated carbocycles. The number of aryl methyl sites for hydroxylation is 1. The summed E-state index contributed by atoms with van der Waals surface area (Å²) in [5.41, 5.74) is 0.928. The number of halogens is 1. The fraction of sp³-hybridized carbons (Fsp3) is 0.364. The number of hydrogen-bond acceptors (Lipinski definition) is 5. The van der Waals surface area contributed by atoms with Crippen molar-refractivity contribution in [2.24, 2.45) is 0 Å². The zero-order chi connectivity index (χ0) is 14.0. The lowest BCUT2D eigenvalue weighted by Crippen LogP contribution is -2.07. The van der Waals surface area contributed by atoms with Gasteiger partial charge in [-0.1, -0.05) is 13.8 Å². The van der Waals surface area contributed by atoms with Crippen LogP contribution in [0.5, 0.6) is 0 Å². The first kappa shape index (κ1) is 14.0. The monoisotopic (exact) mass is 300 g/mol. The zero-order valence-electron chi connectivity index (χ0n) is 10.5. The van der Waals surface area contributed by atoms with E-state index < -0.39 is 9.05 Å². The van der Waals surface area contributed by atoms with Crippen LogP contribution in [0.15, 0.2) is 23.4 Å². The average Bonchev–Trinajstić information content (AvgIpc) is 2.78. The highest BCUT2D eigenvalue weighted by atomic mass is 35.7. The fourth-order valence-electron chi connectivity index (χ4n) is 1.88. The molecule has 2 heterocycles. The van der Waals surface area contributed by atoms with Crippen LogP contribution < -0.4 is 0 Å². The second-order valence-corrected chi connectivity index (χ2v) is 6.33. The van der Waals surface area contributed by atoms with E-state index in [9.17, 15) is 8.42 Å². The van der Waals surface area contributed by atoms with Crippen LogP contribution in [0.3, 0.4) is 0 Å². The van der Waals surface area contributed by atoms with Crippen molar-refractivity contribution >= 4 is 19.7 Å². The Labute approximate surface area is 115 Å². The number of rotatable bonds is 4. The molecule has 0 N–H and O–H groups in total. The smallest absolute Gasteiger partial charge is 0.220 e. The van der Waals surface area contributed by atoms with Gasteiger partial charge in [0, 0.05) is 23.1 Å². The molecule has 0 aliphatic rings. The maximum Gasteiger partial charge on any atom is 0.265 e. The molecule has 2 aromatic heterocycles. The second-order valence-electron chi connectivity index (χ2n) is 3.83. The Morgan fingerprint density at radius 1 is 1.21 bits per heavy atom. The third kappa shape index (κ3) is 2.62. The van der Waals surface area contributed by atoms with Gasteiger partial charge in [-0.3, -0.25) is 0 Å². The molecule has 0 aromatic carbocycles. The summed E-state index contributed by atoms with van der Waals surface area (Å²) in [6.45, 7) is 3.66. The molecule has 0 bridgehead atoms. The quantitative estimate of drug-likeness (QED) is 0.803. The van der Waals surface area contributed by atoms with Gasteiger partial charge in [0.1, 0.15) is 4.90 Å². The van der Waals surface area contributed by atoms with Crippen molar-refractivity contribution in [1.29, 1.82) is 0 Å². The summed E-state index contributed by atoms with van der Waals surface area (Å²) in [6.07, 6.45) is 4.08. The minimum Gasteiger partial charge on any atom is -0.220 e. The van der Waals surface area contributed by atoms with E-state index in [1.54, 1.807) is 18.5 Å². The average molecular weight is 301 g/mol. The van der Waals surface area contributed by atoms with E-state index in [0.717, 1.165) is 0 Å². The van der Waals surface area contributed by atoms with Gasteiger partial charge < -0.3 is 0 Å². The number of nitrogens with zero attached hydrogens (tertiary/aromatic N) is 4. The Bertz CT molecular complexity index is 682. The highest BCUT2D eigenvalue weighted by Crippen LogP contribution is 2.26. The molecule has 6 nitrogen and oxygen atoms in total. The molecule has 0 radical (unpaired) electrons. The van der Waals surface area contributed by atoms with Gasteiger partial charge >= 0.3 is 0 Å². The van der Waals surface area contributed by atoms with E-state index in [4.69, 9.17) is 10.7 Å². The van der Waals surface area contributed by atoms with Crippen LogP contribution in [-0.4, -0.2) is 28.2 Å². The minimum absolute atomic E-state index is 0.0756. The minimum atomic E-state index is -3.84. The molecule has 0 aliphatic heterocycles. The van der Waals surface area contributed by atoms with Crippen molar-refractivity contribution < 1.29 is 8.42 Å². The molecule has 2 rings (SSSR count). The van der Waals surface area contributed by atoms with E-state index in [2.05, 4.69) is 15.1 Å². The summed E-state index contributed by atoms with van der Waals surface area (Å²) < 4.78 is 24.9. The Kier molecular flexibility index (Phi) is 3.86. The van der Waals surface area contributed by atoms with Gasteiger partial charge in [-0.05, 0) is 18.9 Å². The Hall–Kier alpha value is -1.47. The topological polar surface area (TPSA) is 77.7 Å². The van der Waals surface area contributed by atoms with Crippen molar-refractivity contribution in [1.82, 2.24) is 19.7 Å². The molecule has 102 valence electrons. The third-order valence-electron chi connectivity index (χ3n) is 2.66. The molecule has 0 amide bonds. The molecule has 8 heteroatoms. The van der Waals surface area contributed by atoms with E-state index >= 15 is 0 Å². The third-order valence-corrected chi connectivity index (χ3v) is 4.08. The maximum absolute atomic E-state index is 11.7. The normalized spacial score (nSPS) is 11.7. The lowest BCUT2D eigenvalue weighted by molar-refractivity contribution is 0.607. The first-order chi connectivity index (χ1) is 8.99. The molecule has 0 spiro atoms. The van der Waals surface area contributed by atoms with E-state index in [0.29, 0.717) is 30.2 Å². The van der Waals surface area contributed by atoms with E-state index in [-0.39, 0.29) is 4.90 Å². The van der Waals surface area contributed by atoms with Crippen molar-refractivity contribution in [3.63, 3.8) is 0 Å². The van der Waals surface area contributed by atoms with Crippen LogP contribution in [0.4, 0.5) is 0 Å². The summed E-state index contributed by atoms with van der Waals surface area (Å²) >= 11 is 0. The van der Waals surface area contributed by atoms with Gasteiger partial charge in [-0.2, -0.15) is 5.10 Å². The van der Waals surface area contributed by atoms with Crippen LogP contribution >= 0.6 is 10.7 Å². The predicted molar refractivity (Wildman–Crippen MR) is 70.9 cm³/mol. The molecule has 0 fully saturated rings. The van der Waals surface area contributed by atoms with Gasteiger partial charge in [0.05, 0.1) is 11.4 Å².